The van der Waals surface area contributed by atoms with Gasteiger partial charge in [0.1, 0.15) is 0 Å². The molecule has 5 heteroatoms. The van der Waals surface area contributed by atoms with Crippen LogP contribution in [0.25, 0.3) is 0 Å². The van der Waals surface area contributed by atoms with Crippen LogP contribution in [0.2, 0.25) is 0 Å². The molecule has 23 heavy (non-hydrogen) atoms. The molecule has 0 saturated heterocycles. The molecule has 0 aliphatic carbocycles. The van der Waals surface area contributed by atoms with E-state index < -0.39 is 12.1 Å². The number of benzene rings is 2. The highest BCUT2D eigenvalue weighted by Crippen LogP contribution is 2.28. The Kier molecular flexibility index (Phi) is 4.66. The normalized spacial score (nSPS) is 14.3. The van der Waals surface area contributed by atoms with Crippen LogP contribution in [-0.4, -0.2) is 24.5 Å². The molecule has 1 atom stereocenters. The fraction of sp³-hybridized carbons (Fsp3) is 0.222. The molecule has 0 N–H and O–H groups in total. The predicted molar refractivity (Wildman–Crippen MR) is 96.5 cm³/mol. The van der Waals surface area contributed by atoms with Gasteiger partial charge in [0.2, 0.25) is 0 Å². The Bertz CT molecular complexity index is 759. The fourth-order valence-electron chi connectivity index (χ4n) is 2.69. The number of ether oxygens (including phenoxy) is 1. The summed E-state index contributed by atoms with van der Waals surface area (Å²) in [5.41, 5.74) is 2.54. The Morgan fingerprint density at radius 2 is 1.83 bits per heavy atom. The predicted octanol–water partition coefficient (Wildman–Crippen LogP) is 3.43. The maximum absolute atomic E-state index is 12.6. The van der Waals surface area contributed by atoms with Gasteiger partial charge < -0.3 is 9.64 Å². The Hall–Kier alpha value is -1.89. The number of hydrogen-bond acceptors (Lipinski definition) is 3. The Morgan fingerprint density at radius 3 is 2.61 bits per heavy atom. The zero-order chi connectivity index (χ0) is 16.4. The highest BCUT2D eigenvalue weighted by Gasteiger charge is 2.30. The van der Waals surface area contributed by atoms with Gasteiger partial charge in [-0.2, -0.15) is 0 Å². The molecular formula is C18H16INO3. The van der Waals surface area contributed by atoms with Crippen molar-refractivity contribution in [2.24, 2.45) is 0 Å². The number of carbonyl (C=O) groups is 2. The molecule has 0 aromatic heterocycles. The van der Waals surface area contributed by atoms with Crippen molar-refractivity contribution in [1.29, 1.82) is 0 Å². The zero-order valence-electron chi connectivity index (χ0n) is 12.7. The van der Waals surface area contributed by atoms with Crippen LogP contribution in [0.1, 0.15) is 22.8 Å². The highest BCUT2D eigenvalue weighted by atomic mass is 127. The van der Waals surface area contributed by atoms with E-state index in [1.54, 1.807) is 24.0 Å². The summed E-state index contributed by atoms with van der Waals surface area (Å²) in [4.78, 5) is 26.5. The van der Waals surface area contributed by atoms with Gasteiger partial charge in [0.15, 0.2) is 6.10 Å². The molecule has 2 aromatic carbocycles. The first kappa shape index (κ1) is 16.0. The summed E-state index contributed by atoms with van der Waals surface area (Å²) < 4.78 is 6.18. The van der Waals surface area contributed by atoms with Crippen molar-refractivity contribution in [2.75, 3.05) is 11.4 Å². The first-order chi connectivity index (χ1) is 11.1. The van der Waals surface area contributed by atoms with E-state index in [4.69, 9.17) is 4.74 Å². The van der Waals surface area contributed by atoms with Gasteiger partial charge in [-0.3, -0.25) is 4.79 Å². The number of carbonyl (C=O) groups excluding carboxylic acids is 2. The molecule has 1 heterocycles. The SMILES string of the molecule is C[C@@H](OC(=O)c1ccccc1I)C(=O)N1CCc2ccccc21. The van der Waals surface area contributed by atoms with Crippen LogP contribution < -0.4 is 4.90 Å². The molecule has 0 unspecified atom stereocenters. The Morgan fingerprint density at radius 1 is 1.13 bits per heavy atom. The van der Waals surface area contributed by atoms with Crippen LogP contribution in [0.15, 0.2) is 48.5 Å². The van der Waals surface area contributed by atoms with Gasteiger partial charge in [-0.05, 0) is 59.7 Å². The third kappa shape index (κ3) is 3.24. The summed E-state index contributed by atoms with van der Waals surface area (Å²) in [7, 11) is 0. The van der Waals surface area contributed by atoms with Crippen LogP contribution in [0.5, 0.6) is 0 Å². The van der Waals surface area contributed by atoms with Gasteiger partial charge >= 0.3 is 5.97 Å². The molecule has 3 rings (SSSR count). The number of esters is 1. The second-order valence-electron chi connectivity index (χ2n) is 5.40. The Balaban J connectivity index is 1.72. The van der Waals surface area contributed by atoms with Crippen molar-refractivity contribution in [3.63, 3.8) is 0 Å². The van der Waals surface area contributed by atoms with Crippen LogP contribution in [0.4, 0.5) is 5.69 Å². The molecule has 118 valence electrons. The van der Waals surface area contributed by atoms with Gasteiger partial charge in [-0.15, -0.1) is 0 Å². The van der Waals surface area contributed by atoms with Crippen molar-refractivity contribution >= 4 is 40.2 Å². The summed E-state index contributed by atoms with van der Waals surface area (Å²) in [6, 6.07) is 15.0. The number of anilines is 1. The van der Waals surface area contributed by atoms with Crippen molar-refractivity contribution in [3.05, 3.63) is 63.2 Å². The van der Waals surface area contributed by atoms with Crippen LogP contribution in [0, 0.1) is 3.57 Å². The second kappa shape index (κ2) is 6.70. The van der Waals surface area contributed by atoms with E-state index in [1.807, 2.05) is 36.4 Å². The minimum Gasteiger partial charge on any atom is -0.449 e. The third-order valence-corrected chi connectivity index (χ3v) is 4.82. The number of para-hydroxylation sites is 1. The Labute approximate surface area is 148 Å². The fourth-order valence-corrected chi connectivity index (χ4v) is 3.30. The van der Waals surface area contributed by atoms with Crippen LogP contribution >= 0.6 is 22.6 Å². The van der Waals surface area contributed by atoms with Crippen molar-refractivity contribution in [1.82, 2.24) is 0 Å². The van der Waals surface area contributed by atoms with Gasteiger partial charge in [0, 0.05) is 15.8 Å². The smallest absolute Gasteiger partial charge is 0.339 e. The third-order valence-electron chi connectivity index (χ3n) is 3.88. The van der Waals surface area contributed by atoms with E-state index >= 15 is 0 Å². The number of halogens is 1. The number of fused-ring (bicyclic) bond motifs is 1. The van der Waals surface area contributed by atoms with Gasteiger partial charge in [0.05, 0.1) is 5.56 Å². The molecular weight excluding hydrogens is 405 g/mol. The molecule has 1 aliphatic rings. The molecule has 4 nitrogen and oxygen atoms in total. The first-order valence-electron chi connectivity index (χ1n) is 7.42. The quantitative estimate of drug-likeness (QED) is 0.564. The summed E-state index contributed by atoms with van der Waals surface area (Å²) >= 11 is 2.08. The zero-order valence-corrected chi connectivity index (χ0v) is 14.8. The molecule has 0 bridgehead atoms. The van der Waals surface area contributed by atoms with Gasteiger partial charge in [0.25, 0.3) is 5.91 Å². The van der Waals surface area contributed by atoms with E-state index in [0.717, 1.165) is 21.2 Å². The average molecular weight is 421 g/mol. The van der Waals surface area contributed by atoms with E-state index in [1.165, 1.54) is 0 Å². The minimum absolute atomic E-state index is 0.186. The van der Waals surface area contributed by atoms with E-state index in [2.05, 4.69) is 22.6 Å². The van der Waals surface area contributed by atoms with Crippen molar-refractivity contribution in [2.45, 2.75) is 19.4 Å². The number of nitrogens with zero attached hydrogens (tertiary/aromatic N) is 1. The largest absolute Gasteiger partial charge is 0.449 e. The molecule has 0 fully saturated rings. The second-order valence-corrected chi connectivity index (χ2v) is 6.56. The van der Waals surface area contributed by atoms with Crippen LogP contribution in [0.3, 0.4) is 0 Å². The lowest BCUT2D eigenvalue weighted by molar-refractivity contribution is -0.126. The van der Waals surface area contributed by atoms with Gasteiger partial charge in [-0.1, -0.05) is 30.3 Å². The summed E-state index contributed by atoms with van der Waals surface area (Å²) in [5, 5.41) is 0. The number of amides is 1. The van der Waals surface area contributed by atoms with E-state index in [-0.39, 0.29) is 5.91 Å². The highest BCUT2D eigenvalue weighted by molar-refractivity contribution is 14.1. The molecule has 0 saturated carbocycles. The summed E-state index contributed by atoms with van der Waals surface area (Å²) in [6.45, 7) is 2.25. The summed E-state index contributed by atoms with van der Waals surface area (Å²) in [5.74, 6) is -0.655. The van der Waals surface area contributed by atoms with Crippen molar-refractivity contribution < 1.29 is 14.3 Å². The first-order valence-corrected chi connectivity index (χ1v) is 8.50. The molecule has 1 aliphatic heterocycles. The molecule has 0 radical (unpaired) electrons. The topological polar surface area (TPSA) is 46.6 Å². The average Bonchev–Trinajstić information content (AvgIpc) is 2.98. The van der Waals surface area contributed by atoms with E-state index in [9.17, 15) is 9.59 Å². The molecule has 1 amide bonds. The van der Waals surface area contributed by atoms with Crippen molar-refractivity contribution in [3.8, 4) is 0 Å². The minimum atomic E-state index is -0.815. The lowest BCUT2D eigenvalue weighted by atomic mass is 10.2. The molecule has 0 spiro atoms. The number of hydrogen-bond donors (Lipinski definition) is 0. The maximum atomic E-state index is 12.6. The lowest BCUT2D eigenvalue weighted by Gasteiger charge is -2.21. The number of rotatable bonds is 3. The van der Waals surface area contributed by atoms with Crippen LogP contribution in [-0.2, 0) is 16.0 Å². The molecule has 2 aromatic rings. The summed E-state index contributed by atoms with van der Waals surface area (Å²) in [6.07, 6.45) is 0.0174. The monoisotopic (exact) mass is 421 g/mol. The van der Waals surface area contributed by atoms with Gasteiger partial charge in [-0.25, -0.2) is 4.79 Å². The standard InChI is InChI=1S/C18H16INO3/c1-12(23-18(22)14-7-3-4-8-15(14)19)17(21)20-11-10-13-6-2-5-9-16(13)20/h2-9,12H,10-11H2,1H3/t12-/m1/s1. The maximum Gasteiger partial charge on any atom is 0.339 e. The van der Waals surface area contributed by atoms with E-state index in [0.29, 0.717) is 12.1 Å². The lowest BCUT2D eigenvalue weighted by Crippen LogP contribution is -2.39.